The van der Waals surface area contributed by atoms with Crippen molar-refractivity contribution in [2.45, 2.75) is 26.7 Å². The molecule has 0 saturated carbocycles. The minimum atomic E-state index is -0.122. The molecule has 0 atom stereocenters. The van der Waals surface area contributed by atoms with Gasteiger partial charge in [0.15, 0.2) is 0 Å². The van der Waals surface area contributed by atoms with Gasteiger partial charge in [-0.2, -0.15) is 0 Å². The summed E-state index contributed by atoms with van der Waals surface area (Å²) >= 11 is 0. The highest BCUT2D eigenvalue weighted by molar-refractivity contribution is 5.80. The molecule has 0 fully saturated rings. The molecule has 1 aromatic rings. The zero-order valence-electron chi connectivity index (χ0n) is 12.3. The molecule has 0 radical (unpaired) electrons. The zero-order valence-corrected chi connectivity index (χ0v) is 12.3. The van der Waals surface area contributed by atoms with Crippen LogP contribution in [-0.2, 0) is 4.79 Å². The molecule has 0 aliphatic carbocycles. The lowest BCUT2D eigenvalue weighted by molar-refractivity contribution is -0.120. The molecule has 0 aromatic heterocycles. The number of hydrogen-bond donors (Lipinski definition) is 3. The third-order valence-electron chi connectivity index (χ3n) is 2.94. The first-order chi connectivity index (χ1) is 9.69. The molecule has 1 amide bonds. The van der Waals surface area contributed by atoms with Crippen LogP contribution >= 0.6 is 0 Å². The Morgan fingerprint density at radius 2 is 1.85 bits per heavy atom. The first-order valence-electron chi connectivity index (χ1n) is 6.79. The van der Waals surface area contributed by atoms with E-state index in [-0.39, 0.29) is 12.5 Å². The highest BCUT2D eigenvalue weighted by Crippen LogP contribution is 2.14. The summed E-state index contributed by atoms with van der Waals surface area (Å²) in [4.78, 5) is 11.6. The Hall–Kier alpha value is -2.17. The van der Waals surface area contributed by atoms with Crippen LogP contribution in [0.15, 0.2) is 36.0 Å². The Labute approximate surface area is 120 Å². The third kappa shape index (κ3) is 5.65. The van der Waals surface area contributed by atoms with Gasteiger partial charge in [0.05, 0.1) is 13.7 Å². The molecule has 110 valence electrons. The maximum absolute atomic E-state index is 11.6. The number of allylic oxidation sites excluding steroid dienone is 1. The second-order valence-corrected chi connectivity index (χ2v) is 4.28. The molecule has 0 unspecified atom stereocenters. The summed E-state index contributed by atoms with van der Waals surface area (Å²) < 4.78 is 5.07. The zero-order chi connectivity index (χ0) is 14.8. The van der Waals surface area contributed by atoms with Gasteiger partial charge >= 0.3 is 0 Å². The average Bonchev–Trinajstić information content (AvgIpc) is 2.50. The largest absolute Gasteiger partial charge is 0.497 e. The lowest BCUT2D eigenvalue weighted by Gasteiger charge is -2.09. The van der Waals surface area contributed by atoms with E-state index in [0.717, 1.165) is 24.3 Å². The molecule has 1 rings (SSSR count). The number of benzene rings is 1. The van der Waals surface area contributed by atoms with E-state index < -0.39 is 0 Å². The standard InChI is InChI=1S/C15H23N3O2/c1-4-12(5-2)10-17-18-15(19)11-16-13-6-8-14(20-3)9-7-13/h6-10,16-17H,4-5,11H2,1-3H3,(H,18,19). The Bertz CT molecular complexity index is 435. The Morgan fingerprint density at radius 3 is 2.40 bits per heavy atom. The Balaban J connectivity index is 2.30. The van der Waals surface area contributed by atoms with E-state index >= 15 is 0 Å². The van der Waals surface area contributed by atoms with Crippen molar-refractivity contribution in [2.75, 3.05) is 19.0 Å². The van der Waals surface area contributed by atoms with Gasteiger partial charge < -0.3 is 15.5 Å². The van der Waals surface area contributed by atoms with Crippen molar-refractivity contribution < 1.29 is 9.53 Å². The summed E-state index contributed by atoms with van der Waals surface area (Å²) in [5.41, 5.74) is 7.57. The summed E-state index contributed by atoms with van der Waals surface area (Å²) in [6, 6.07) is 7.42. The molecular weight excluding hydrogens is 254 g/mol. The van der Waals surface area contributed by atoms with E-state index in [1.54, 1.807) is 7.11 Å². The highest BCUT2D eigenvalue weighted by atomic mass is 16.5. The molecule has 0 bridgehead atoms. The van der Waals surface area contributed by atoms with Crippen LogP contribution in [0.3, 0.4) is 0 Å². The highest BCUT2D eigenvalue weighted by Gasteiger charge is 2.00. The van der Waals surface area contributed by atoms with Crippen LogP contribution in [0.25, 0.3) is 0 Å². The topological polar surface area (TPSA) is 62.4 Å². The van der Waals surface area contributed by atoms with Crippen LogP contribution < -0.4 is 20.9 Å². The van der Waals surface area contributed by atoms with Crippen LogP contribution in [0.2, 0.25) is 0 Å². The number of methoxy groups -OCH3 is 1. The molecule has 0 aliphatic rings. The average molecular weight is 277 g/mol. The lowest BCUT2D eigenvalue weighted by Crippen LogP contribution is -2.37. The number of hydrazine groups is 1. The van der Waals surface area contributed by atoms with Crippen LogP contribution in [0.1, 0.15) is 26.7 Å². The fourth-order valence-corrected chi connectivity index (χ4v) is 1.61. The van der Waals surface area contributed by atoms with Gasteiger partial charge in [0.2, 0.25) is 0 Å². The lowest BCUT2D eigenvalue weighted by atomic mass is 10.2. The predicted octanol–water partition coefficient (Wildman–Crippen LogP) is 2.43. The number of nitrogens with one attached hydrogen (secondary N) is 3. The van der Waals surface area contributed by atoms with Crippen molar-refractivity contribution in [1.29, 1.82) is 0 Å². The maximum atomic E-state index is 11.6. The van der Waals surface area contributed by atoms with E-state index in [1.165, 1.54) is 5.57 Å². The second kappa shape index (κ2) is 8.85. The quantitative estimate of drug-likeness (QED) is 0.639. The van der Waals surface area contributed by atoms with Crippen LogP contribution in [0.5, 0.6) is 5.75 Å². The van der Waals surface area contributed by atoms with Crippen LogP contribution in [-0.4, -0.2) is 19.6 Å². The molecule has 0 saturated heterocycles. The molecule has 0 heterocycles. The minimum Gasteiger partial charge on any atom is -0.497 e. The van der Waals surface area contributed by atoms with Crippen molar-refractivity contribution in [3.8, 4) is 5.75 Å². The van der Waals surface area contributed by atoms with Crippen LogP contribution in [0, 0.1) is 0 Å². The van der Waals surface area contributed by atoms with Crippen molar-refractivity contribution in [3.63, 3.8) is 0 Å². The minimum absolute atomic E-state index is 0.122. The molecule has 0 aliphatic heterocycles. The third-order valence-corrected chi connectivity index (χ3v) is 2.94. The summed E-state index contributed by atoms with van der Waals surface area (Å²) in [5.74, 6) is 0.669. The van der Waals surface area contributed by atoms with Gasteiger partial charge in [-0.1, -0.05) is 19.4 Å². The number of rotatable bonds is 8. The molecule has 20 heavy (non-hydrogen) atoms. The molecule has 5 heteroatoms. The van der Waals surface area contributed by atoms with Gasteiger partial charge in [-0.05, 0) is 37.1 Å². The number of carbonyl (C=O) groups is 1. The fourth-order valence-electron chi connectivity index (χ4n) is 1.61. The van der Waals surface area contributed by atoms with Gasteiger partial charge in [-0.25, -0.2) is 0 Å². The maximum Gasteiger partial charge on any atom is 0.257 e. The van der Waals surface area contributed by atoms with Gasteiger partial charge in [0.25, 0.3) is 5.91 Å². The van der Waals surface area contributed by atoms with Crippen molar-refractivity contribution in [2.24, 2.45) is 0 Å². The van der Waals surface area contributed by atoms with Crippen molar-refractivity contribution >= 4 is 11.6 Å². The van der Waals surface area contributed by atoms with Crippen molar-refractivity contribution in [1.82, 2.24) is 10.9 Å². The molecule has 3 N–H and O–H groups in total. The van der Waals surface area contributed by atoms with Gasteiger partial charge in [-0.3, -0.25) is 10.2 Å². The number of amides is 1. The van der Waals surface area contributed by atoms with E-state index in [0.29, 0.717) is 0 Å². The van der Waals surface area contributed by atoms with Crippen LogP contribution in [0.4, 0.5) is 5.69 Å². The first-order valence-corrected chi connectivity index (χ1v) is 6.79. The number of ether oxygens (including phenoxy) is 1. The second-order valence-electron chi connectivity index (χ2n) is 4.28. The smallest absolute Gasteiger partial charge is 0.257 e. The Kier molecular flexibility index (Phi) is 7.03. The van der Waals surface area contributed by atoms with E-state index in [2.05, 4.69) is 30.0 Å². The first kappa shape index (κ1) is 15.9. The molecule has 5 nitrogen and oxygen atoms in total. The summed E-state index contributed by atoms with van der Waals surface area (Å²) in [6.07, 6.45) is 3.79. The number of anilines is 1. The molecule has 0 spiro atoms. The summed E-state index contributed by atoms with van der Waals surface area (Å²) in [6.45, 7) is 4.38. The predicted molar refractivity (Wildman–Crippen MR) is 81.4 cm³/mol. The monoisotopic (exact) mass is 277 g/mol. The van der Waals surface area contributed by atoms with E-state index in [9.17, 15) is 4.79 Å². The molecule has 1 aromatic carbocycles. The van der Waals surface area contributed by atoms with Gasteiger partial charge in [-0.15, -0.1) is 0 Å². The summed E-state index contributed by atoms with van der Waals surface area (Å²) in [7, 11) is 1.62. The van der Waals surface area contributed by atoms with E-state index in [4.69, 9.17) is 4.74 Å². The number of hydrogen-bond acceptors (Lipinski definition) is 4. The van der Waals surface area contributed by atoms with Gasteiger partial charge in [0, 0.05) is 11.9 Å². The van der Waals surface area contributed by atoms with Gasteiger partial charge in [0.1, 0.15) is 5.75 Å². The SMILES string of the molecule is CCC(=CNNC(=O)CNc1ccc(OC)cc1)CC. The molecular formula is C15H23N3O2. The van der Waals surface area contributed by atoms with Crippen molar-refractivity contribution in [3.05, 3.63) is 36.0 Å². The Morgan fingerprint density at radius 1 is 1.20 bits per heavy atom. The normalized spacial score (nSPS) is 9.55. The van der Waals surface area contributed by atoms with E-state index in [1.807, 2.05) is 30.5 Å². The number of carbonyl (C=O) groups excluding carboxylic acids is 1. The fraction of sp³-hybridized carbons (Fsp3) is 0.400. The summed E-state index contributed by atoms with van der Waals surface area (Å²) in [5, 5.41) is 3.03.